The number of rotatable bonds is 7. The second-order valence-electron chi connectivity index (χ2n) is 9.17. The molecule has 2 aromatic rings. The van der Waals surface area contributed by atoms with Gasteiger partial charge >= 0.3 is 0 Å². The maximum Gasteiger partial charge on any atom is 0.219 e. The fraction of sp³-hybridized carbons (Fsp3) is 0.407. The van der Waals surface area contributed by atoms with Crippen LogP contribution in [0.15, 0.2) is 83.6 Å². The molecule has 1 N–H and O–H groups in total. The molecule has 2 heteroatoms. The van der Waals surface area contributed by atoms with E-state index in [0.717, 1.165) is 6.42 Å². The van der Waals surface area contributed by atoms with Gasteiger partial charge in [-0.3, -0.25) is 0 Å². The SMILES string of the molecule is CC(C)CC1=C([Si](NC2CCCCC2)(c2ccccc2)c2ccccc2)CC=C1. The summed E-state index contributed by atoms with van der Waals surface area (Å²) in [4.78, 5) is 4.39. The van der Waals surface area contributed by atoms with Gasteiger partial charge in [0.1, 0.15) is 0 Å². The van der Waals surface area contributed by atoms with E-state index in [0.29, 0.717) is 12.0 Å². The third-order valence-electron chi connectivity index (χ3n) is 6.55. The minimum atomic E-state index is -2.26. The van der Waals surface area contributed by atoms with Crippen LogP contribution in [0.1, 0.15) is 58.8 Å². The van der Waals surface area contributed by atoms with Crippen LogP contribution in [0.2, 0.25) is 0 Å². The topological polar surface area (TPSA) is 12.0 Å². The van der Waals surface area contributed by atoms with E-state index >= 15 is 0 Å². The van der Waals surface area contributed by atoms with Crippen molar-refractivity contribution in [3.63, 3.8) is 0 Å². The van der Waals surface area contributed by atoms with E-state index in [-0.39, 0.29) is 0 Å². The molecule has 1 saturated carbocycles. The lowest BCUT2D eigenvalue weighted by molar-refractivity contribution is 0.416. The summed E-state index contributed by atoms with van der Waals surface area (Å²) in [6.45, 7) is 4.69. The summed E-state index contributed by atoms with van der Waals surface area (Å²) in [7, 11) is -2.26. The summed E-state index contributed by atoms with van der Waals surface area (Å²) < 4.78 is 0. The zero-order valence-corrected chi connectivity index (χ0v) is 19.0. The fourth-order valence-electron chi connectivity index (χ4n) is 5.27. The molecule has 0 bridgehead atoms. The van der Waals surface area contributed by atoms with Crippen molar-refractivity contribution in [3.8, 4) is 0 Å². The fourth-order valence-corrected chi connectivity index (χ4v) is 10.2. The monoisotopic (exact) mass is 401 g/mol. The molecular weight excluding hydrogens is 366 g/mol. The molecule has 29 heavy (non-hydrogen) atoms. The molecule has 2 aliphatic rings. The van der Waals surface area contributed by atoms with Crippen molar-refractivity contribution in [3.05, 3.63) is 83.6 Å². The third-order valence-corrected chi connectivity index (χ3v) is 11.2. The molecule has 0 atom stereocenters. The Labute approximate surface area is 178 Å². The van der Waals surface area contributed by atoms with Gasteiger partial charge < -0.3 is 4.98 Å². The van der Waals surface area contributed by atoms with Crippen molar-refractivity contribution >= 4 is 18.6 Å². The number of allylic oxidation sites excluding steroid dienone is 4. The van der Waals surface area contributed by atoms with Crippen molar-refractivity contribution in [1.29, 1.82) is 0 Å². The minimum Gasteiger partial charge on any atom is -0.324 e. The second kappa shape index (κ2) is 9.28. The summed E-state index contributed by atoms with van der Waals surface area (Å²) in [5.41, 5.74) is 1.59. The molecular formula is C27H35NSi. The van der Waals surface area contributed by atoms with Crippen molar-refractivity contribution in [1.82, 2.24) is 4.98 Å². The van der Waals surface area contributed by atoms with Gasteiger partial charge in [-0.15, -0.1) is 0 Å². The molecule has 0 heterocycles. The smallest absolute Gasteiger partial charge is 0.219 e. The van der Waals surface area contributed by atoms with Crippen LogP contribution in [0.25, 0.3) is 0 Å². The van der Waals surface area contributed by atoms with E-state index in [1.807, 2.05) is 0 Å². The first-order chi connectivity index (χ1) is 14.2. The Morgan fingerprint density at radius 3 is 2.00 bits per heavy atom. The highest BCUT2D eigenvalue weighted by Crippen LogP contribution is 2.32. The van der Waals surface area contributed by atoms with Crippen LogP contribution in [0, 0.1) is 5.92 Å². The highest BCUT2D eigenvalue weighted by atomic mass is 28.3. The van der Waals surface area contributed by atoms with Crippen molar-refractivity contribution in [2.75, 3.05) is 0 Å². The summed E-state index contributed by atoms with van der Waals surface area (Å²) in [6.07, 6.45) is 13.8. The van der Waals surface area contributed by atoms with E-state index < -0.39 is 8.24 Å². The first-order valence-electron chi connectivity index (χ1n) is 11.5. The summed E-state index contributed by atoms with van der Waals surface area (Å²) in [5, 5.41) is 4.71. The maximum absolute atomic E-state index is 4.39. The van der Waals surface area contributed by atoms with Gasteiger partial charge in [-0.05, 0) is 42.0 Å². The molecule has 0 saturated heterocycles. The molecule has 0 amide bonds. The molecule has 0 radical (unpaired) electrons. The highest BCUT2D eigenvalue weighted by molar-refractivity contribution is 7.05. The summed E-state index contributed by atoms with van der Waals surface area (Å²) in [6, 6.07) is 23.4. The van der Waals surface area contributed by atoms with Crippen LogP contribution in [0.4, 0.5) is 0 Å². The quantitative estimate of drug-likeness (QED) is 0.603. The largest absolute Gasteiger partial charge is 0.324 e. The second-order valence-corrected chi connectivity index (χ2v) is 12.7. The molecule has 1 nitrogen and oxygen atoms in total. The average molecular weight is 402 g/mol. The zero-order chi connectivity index (χ0) is 20.1. The van der Waals surface area contributed by atoms with Gasteiger partial charge in [0.25, 0.3) is 0 Å². The van der Waals surface area contributed by atoms with Crippen molar-refractivity contribution in [2.45, 2.75) is 64.8 Å². The Morgan fingerprint density at radius 2 is 1.45 bits per heavy atom. The highest BCUT2D eigenvalue weighted by Gasteiger charge is 2.44. The molecule has 2 aromatic carbocycles. The zero-order valence-electron chi connectivity index (χ0n) is 18.0. The van der Waals surface area contributed by atoms with Gasteiger partial charge in [0, 0.05) is 6.04 Å². The van der Waals surface area contributed by atoms with Gasteiger partial charge in [0.05, 0.1) is 0 Å². The predicted molar refractivity (Wildman–Crippen MR) is 128 cm³/mol. The van der Waals surface area contributed by atoms with Crippen molar-refractivity contribution < 1.29 is 0 Å². The van der Waals surface area contributed by atoms with Crippen LogP contribution in [0.5, 0.6) is 0 Å². The number of hydrogen-bond donors (Lipinski definition) is 1. The lowest BCUT2D eigenvalue weighted by Crippen LogP contribution is -2.72. The molecule has 152 valence electrons. The average Bonchev–Trinajstić information content (AvgIpc) is 3.22. The van der Waals surface area contributed by atoms with Gasteiger partial charge in [-0.25, -0.2) is 0 Å². The number of benzene rings is 2. The molecule has 1 fully saturated rings. The van der Waals surface area contributed by atoms with Crippen molar-refractivity contribution in [2.24, 2.45) is 5.92 Å². The lowest BCUT2D eigenvalue weighted by atomic mass is 9.96. The molecule has 0 aromatic heterocycles. The van der Waals surface area contributed by atoms with E-state index in [9.17, 15) is 0 Å². The van der Waals surface area contributed by atoms with Gasteiger partial charge in [0.2, 0.25) is 8.24 Å². The van der Waals surface area contributed by atoms with Gasteiger partial charge in [-0.2, -0.15) is 0 Å². The van der Waals surface area contributed by atoms with Crippen LogP contribution < -0.4 is 15.4 Å². The van der Waals surface area contributed by atoms with E-state index in [4.69, 9.17) is 0 Å². The Bertz CT molecular complexity index is 805. The molecule has 0 aliphatic heterocycles. The molecule has 4 rings (SSSR count). The van der Waals surface area contributed by atoms with Crippen LogP contribution in [0.3, 0.4) is 0 Å². The first-order valence-corrected chi connectivity index (χ1v) is 13.5. The Kier molecular flexibility index (Phi) is 6.52. The van der Waals surface area contributed by atoms with Crippen LogP contribution in [-0.2, 0) is 0 Å². The standard InChI is InChI=1S/C27H35NSi/c1-22(2)21-23-13-12-20-27(23)29(25-16-8-4-9-17-25,26-18-10-5-11-19-26)28-24-14-6-3-7-15-24/h4-5,8-13,16-19,22,24,28H,3,6-7,14-15,20-21H2,1-2H3. The van der Waals surface area contributed by atoms with Crippen LogP contribution >= 0.6 is 0 Å². The summed E-state index contributed by atoms with van der Waals surface area (Å²) in [5.74, 6) is 0.677. The van der Waals surface area contributed by atoms with Crippen LogP contribution in [-0.4, -0.2) is 14.3 Å². The predicted octanol–water partition coefficient (Wildman–Crippen LogP) is 5.51. The normalized spacial score (nSPS) is 18.0. The van der Waals surface area contributed by atoms with Gasteiger partial charge in [0.15, 0.2) is 0 Å². The summed E-state index contributed by atoms with van der Waals surface area (Å²) >= 11 is 0. The Balaban J connectivity index is 1.90. The lowest BCUT2D eigenvalue weighted by Gasteiger charge is -2.40. The number of nitrogens with one attached hydrogen (secondary N) is 1. The maximum atomic E-state index is 4.39. The third kappa shape index (κ3) is 4.34. The minimum absolute atomic E-state index is 0.629. The Hall–Kier alpha value is -1.90. The first kappa shape index (κ1) is 20.4. The molecule has 0 spiro atoms. The van der Waals surface area contributed by atoms with E-state index in [2.05, 4.69) is 91.6 Å². The van der Waals surface area contributed by atoms with E-state index in [1.165, 1.54) is 48.9 Å². The molecule has 2 aliphatic carbocycles. The Morgan fingerprint density at radius 1 is 0.862 bits per heavy atom. The molecule has 0 unspecified atom stereocenters. The van der Waals surface area contributed by atoms with E-state index in [1.54, 1.807) is 10.8 Å². The number of hydrogen-bond acceptors (Lipinski definition) is 1. The van der Waals surface area contributed by atoms with Gasteiger partial charge in [-0.1, -0.05) is 117 Å².